The summed E-state index contributed by atoms with van der Waals surface area (Å²) < 4.78 is 16.5. The van der Waals surface area contributed by atoms with E-state index >= 15 is 0 Å². The van der Waals surface area contributed by atoms with Crippen LogP contribution in [-0.2, 0) is 33.4 Å². The smallest absolute Gasteiger partial charge is 0.405 e. The number of amides is 3. The third-order valence-corrected chi connectivity index (χ3v) is 7.09. The second-order valence-corrected chi connectivity index (χ2v) is 10.6. The molecule has 3 amide bonds. The minimum Gasteiger partial charge on any atom is -0.439 e. The number of rotatable bonds is 4. The van der Waals surface area contributed by atoms with E-state index in [0.29, 0.717) is 5.57 Å². The highest BCUT2D eigenvalue weighted by molar-refractivity contribution is 6.24. The third-order valence-electron chi connectivity index (χ3n) is 7.09. The van der Waals surface area contributed by atoms with Crippen molar-refractivity contribution in [1.82, 2.24) is 10.6 Å². The van der Waals surface area contributed by atoms with Crippen molar-refractivity contribution in [3.63, 3.8) is 0 Å². The van der Waals surface area contributed by atoms with Gasteiger partial charge in [-0.15, -0.1) is 0 Å². The summed E-state index contributed by atoms with van der Waals surface area (Å²) in [6.07, 6.45) is 3.15. The average Bonchev–Trinajstić information content (AvgIpc) is 2.91. The number of aliphatic hydroxyl groups excluding tert-OH is 1. The third kappa shape index (κ3) is 9.07. The van der Waals surface area contributed by atoms with Gasteiger partial charge in [0.2, 0.25) is 17.5 Å². The molecule has 6 atom stereocenters. The van der Waals surface area contributed by atoms with Gasteiger partial charge < -0.3 is 35.7 Å². The van der Waals surface area contributed by atoms with Crippen LogP contribution in [0.4, 0.5) is 4.79 Å². The largest absolute Gasteiger partial charge is 0.439 e. The van der Waals surface area contributed by atoms with E-state index in [2.05, 4.69) is 10.6 Å². The molecule has 0 saturated carbocycles. The molecular formula is C30H41N3O9. The van der Waals surface area contributed by atoms with Gasteiger partial charge in [0.05, 0.1) is 23.6 Å². The maximum absolute atomic E-state index is 13.5. The second-order valence-electron chi connectivity index (χ2n) is 10.6. The number of hydrogen-bond acceptors (Lipinski definition) is 9. The molecule has 0 spiro atoms. The van der Waals surface area contributed by atoms with Gasteiger partial charge in [-0.05, 0) is 38.2 Å². The molecular weight excluding hydrogens is 546 g/mol. The topological polar surface area (TPSA) is 183 Å². The van der Waals surface area contributed by atoms with Crippen LogP contribution in [-0.4, -0.2) is 73.2 Å². The molecule has 12 nitrogen and oxygen atoms in total. The first-order chi connectivity index (χ1) is 19.7. The van der Waals surface area contributed by atoms with E-state index in [-0.39, 0.29) is 41.3 Å². The number of ether oxygens (including phenoxy) is 3. The zero-order valence-electron chi connectivity index (χ0n) is 25.1. The van der Waals surface area contributed by atoms with Crippen LogP contribution in [0.25, 0.3) is 0 Å². The zero-order chi connectivity index (χ0) is 31.7. The van der Waals surface area contributed by atoms with E-state index in [1.807, 2.05) is 6.92 Å². The van der Waals surface area contributed by atoms with Gasteiger partial charge >= 0.3 is 6.09 Å². The first-order valence-corrected chi connectivity index (χ1v) is 13.6. The van der Waals surface area contributed by atoms with Crippen molar-refractivity contribution in [2.45, 2.75) is 71.9 Å². The Kier molecular flexibility index (Phi) is 12.6. The number of aliphatic hydroxyl groups is 1. The molecule has 0 radical (unpaired) electrons. The molecule has 5 N–H and O–H groups in total. The lowest BCUT2D eigenvalue weighted by atomic mass is 9.85. The summed E-state index contributed by atoms with van der Waals surface area (Å²) in [6, 6.07) is 0. The molecule has 2 rings (SSSR count). The minimum atomic E-state index is -1.02. The lowest BCUT2D eigenvalue weighted by Gasteiger charge is -2.30. The Labute approximate surface area is 245 Å². The van der Waals surface area contributed by atoms with E-state index in [1.54, 1.807) is 26.0 Å². The van der Waals surface area contributed by atoms with Crippen molar-refractivity contribution in [3.05, 3.63) is 58.5 Å². The average molecular weight is 588 g/mol. The van der Waals surface area contributed by atoms with Crippen molar-refractivity contribution < 1.29 is 43.3 Å². The molecule has 230 valence electrons. The second kappa shape index (κ2) is 15.4. The summed E-state index contributed by atoms with van der Waals surface area (Å²) in [5.74, 6) is -3.17. The fraction of sp³-hybridized carbons (Fsp3) is 0.500. The molecule has 42 heavy (non-hydrogen) atoms. The van der Waals surface area contributed by atoms with Crippen molar-refractivity contribution >= 4 is 29.5 Å². The molecule has 1 aliphatic heterocycles. The molecule has 1 heterocycles. The lowest BCUT2D eigenvalue weighted by molar-refractivity contribution is -0.122. The van der Waals surface area contributed by atoms with Crippen LogP contribution < -0.4 is 16.4 Å². The highest BCUT2D eigenvalue weighted by atomic mass is 16.6. The van der Waals surface area contributed by atoms with Crippen LogP contribution in [0.1, 0.15) is 47.5 Å². The molecule has 12 heteroatoms. The quantitative estimate of drug-likeness (QED) is 0.282. The molecule has 2 bridgehead atoms. The number of Topliss-reactive ketones (excluding diaryl/α,β-unsaturated/α-hetero) is 1. The lowest BCUT2D eigenvalue weighted by Crippen LogP contribution is -2.38. The molecule has 1 aliphatic carbocycles. The van der Waals surface area contributed by atoms with Crippen LogP contribution in [0, 0.1) is 11.8 Å². The number of nitrogens with one attached hydrogen (secondary N) is 2. The number of carbonyl (C=O) groups excluding carboxylic acids is 5. The summed E-state index contributed by atoms with van der Waals surface area (Å²) in [7, 11) is 2.87. The molecule has 0 fully saturated rings. The van der Waals surface area contributed by atoms with E-state index in [1.165, 1.54) is 40.2 Å². The normalized spacial score (nSPS) is 28.4. The standard InChI is InChI=1S/C30H41N3O9/c1-15-11-20-25(32-19(5)34)22(35)14-21(27(20)37)33-29(38)16(2)9-8-10-23(40-6)28(42-30(31)39)18(4)13-17(3)26(36)24(12-15)41-7/h8-10,13-15,17,23-24,26,28,36H,11-12H2,1-7H3,(H2,31,39)(H,32,34)(H,33,38)/t15-,17+,23+,24+,26-,28+/m1/s1. The predicted octanol–water partition coefficient (Wildman–Crippen LogP) is 1.90. The van der Waals surface area contributed by atoms with Gasteiger partial charge in [-0.3, -0.25) is 19.2 Å². The summed E-state index contributed by atoms with van der Waals surface area (Å²) in [5, 5.41) is 16.1. The molecule has 0 aromatic heterocycles. The maximum Gasteiger partial charge on any atom is 0.405 e. The zero-order valence-corrected chi connectivity index (χ0v) is 25.1. The maximum atomic E-state index is 13.5. The summed E-state index contributed by atoms with van der Waals surface area (Å²) in [5.41, 5.74) is 5.76. The molecule has 0 unspecified atom stereocenters. The summed E-state index contributed by atoms with van der Waals surface area (Å²) >= 11 is 0. The van der Waals surface area contributed by atoms with Crippen molar-refractivity contribution in [1.29, 1.82) is 0 Å². The Bertz CT molecular complexity index is 1240. The van der Waals surface area contributed by atoms with Gasteiger partial charge in [0.15, 0.2) is 6.10 Å². The number of allylic oxidation sites excluding steroid dienone is 4. The summed E-state index contributed by atoms with van der Waals surface area (Å²) in [4.78, 5) is 62.9. The van der Waals surface area contributed by atoms with E-state index < -0.39 is 59.8 Å². The fourth-order valence-electron chi connectivity index (χ4n) is 4.90. The van der Waals surface area contributed by atoms with Crippen LogP contribution >= 0.6 is 0 Å². The van der Waals surface area contributed by atoms with Crippen LogP contribution in [0.15, 0.2) is 58.5 Å². The Hall–Kier alpha value is -3.87. The Balaban J connectivity index is 2.64. The number of ketones is 2. The highest BCUT2D eigenvalue weighted by Crippen LogP contribution is 2.28. The van der Waals surface area contributed by atoms with Gasteiger partial charge in [-0.25, -0.2) is 4.79 Å². The van der Waals surface area contributed by atoms with Gasteiger partial charge in [0, 0.05) is 44.3 Å². The van der Waals surface area contributed by atoms with Crippen LogP contribution in [0.2, 0.25) is 0 Å². The molecule has 0 saturated heterocycles. The SMILES string of the molecule is CO[C@H]1C=CC=C(C)C(=O)NC2=CC(=O)C(NC(C)=O)=C(C[C@@H](C)C[C@H](OC)[C@H](O)[C@@H](C)C=C(C)[C@@H]1OC(N)=O)C2=O. The predicted molar refractivity (Wildman–Crippen MR) is 153 cm³/mol. The fourth-order valence-corrected chi connectivity index (χ4v) is 4.90. The van der Waals surface area contributed by atoms with Gasteiger partial charge in [0.25, 0.3) is 5.91 Å². The van der Waals surface area contributed by atoms with E-state index in [0.717, 1.165) is 6.08 Å². The highest BCUT2D eigenvalue weighted by Gasteiger charge is 2.33. The Morgan fingerprint density at radius 2 is 1.79 bits per heavy atom. The van der Waals surface area contributed by atoms with E-state index in [9.17, 15) is 29.1 Å². The van der Waals surface area contributed by atoms with Crippen molar-refractivity contribution in [2.75, 3.05) is 14.2 Å². The molecule has 2 aliphatic rings. The summed E-state index contributed by atoms with van der Waals surface area (Å²) in [6.45, 7) is 8.04. The first kappa shape index (κ1) is 34.3. The molecule has 0 aromatic rings. The monoisotopic (exact) mass is 587 g/mol. The van der Waals surface area contributed by atoms with Gasteiger partial charge in [-0.1, -0.05) is 38.2 Å². The number of fused-ring (bicyclic) bond motifs is 2. The van der Waals surface area contributed by atoms with Gasteiger partial charge in [0.1, 0.15) is 6.10 Å². The number of methoxy groups -OCH3 is 2. The van der Waals surface area contributed by atoms with Crippen molar-refractivity contribution in [2.24, 2.45) is 17.6 Å². The number of hydrogen-bond donors (Lipinski definition) is 4. The van der Waals surface area contributed by atoms with E-state index in [4.69, 9.17) is 19.9 Å². The Morgan fingerprint density at radius 1 is 1.12 bits per heavy atom. The number of carbonyl (C=O) groups is 5. The first-order valence-electron chi connectivity index (χ1n) is 13.6. The van der Waals surface area contributed by atoms with Crippen molar-refractivity contribution in [3.8, 4) is 0 Å². The Morgan fingerprint density at radius 3 is 2.36 bits per heavy atom. The minimum absolute atomic E-state index is 0.0439. The number of nitrogens with two attached hydrogens (primary N) is 1. The van der Waals surface area contributed by atoms with Crippen LogP contribution in [0.5, 0.6) is 0 Å². The number of primary amides is 1. The van der Waals surface area contributed by atoms with Gasteiger partial charge in [-0.2, -0.15) is 0 Å². The van der Waals surface area contributed by atoms with Crippen LogP contribution in [0.3, 0.4) is 0 Å². The molecule has 0 aromatic carbocycles.